The molecule has 98 valence electrons. The minimum absolute atomic E-state index is 0.193. The van der Waals surface area contributed by atoms with Crippen LogP contribution < -0.4 is 10.1 Å². The number of piperidine rings is 1. The van der Waals surface area contributed by atoms with E-state index in [-0.39, 0.29) is 5.78 Å². The number of rotatable bonds is 5. The van der Waals surface area contributed by atoms with Crippen molar-refractivity contribution < 1.29 is 9.53 Å². The first-order valence-electron chi connectivity index (χ1n) is 6.68. The van der Waals surface area contributed by atoms with E-state index < -0.39 is 0 Å². The highest BCUT2D eigenvalue weighted by Gasteiger charge is 2.16. The molecule has 1 N–H and O–H groups in total. The van der Waals surface area contributed by atoms with Crippen LogP contribution in [-0.2, 0) is 0 Å². The SMILES string of the molecule is COc1ccccc1C(=O)CCC1CCCNC1. The Hall–Kier alpha value is -1.35. The standard InChI is InChI=1S/C15H21NO2/c1-18-15-7-3-2-6-13(15)14(17)9-8-12-5-4-10-16-11-12/h2-3,6-7,12,16H,4-5,8-11H2,1H3. The number of nitrogens with one attached hydrogen (secondary N) is 1. The molecule has 0 aromatic heterocycles. The average Bonchev–Trinajstić information content (AvgIpc) is 2.45. The molecule has 2 rings (SSSR count). The van der Waals surface area contributed by atoms with E-state index in [1.165, 1.54) is 12.8 Å². The molecule has 0 radical (unpaired) electrons. The molecule has 1 aliphatic rings. The fraction of sp³-hybridized carbons (Fsp3) is 0.533. The minimum atomic E-state index is 0.193. The van der Waals surface area contributed by atoms with Gasteiger partial charge in [0.15, 0.2) is 5.78 Å². The topological polar surface area (TPSA) is 38.3 Å². The van der Waals surface area contributed by atoms with Crippen LogP contribution in [0.1, 0.15) is 36.0 Å². The van der Waals surface area contributed by atoms with Crippen LogP contribution in [0.4, 0.5) is 0 Å². The van der Waals surface area contributed by atoms with Crippen molar-refractivity contribution in [3.8, 4) is 5.75 Å². The number of benzene rings is 1. The fourth-order valence-electron chi connectivity index (χ4n) is 2.52. The predicted molar refractivity (Wildman–Crippen MR) is 72.2 cm³/mol. The van der Waals surface area contributed by atoms with Crippen molar-refractivity contribution in [1.82, 2.24) is 5.32 Å². The number of Topliss-reactive ketones (excluding diaryl/α,β-unsaturated/α-hetero) is 1. The summed E-state index contributed by atoms with van der Waals surface area (Å²) in [5, 5.41) is 3.38. The van der Waals surface area contributed by atoms with Gasteiger partial charge in [-0.15, -0.1) is 0 Å². The molecular weight excluding hydrogens is 226 g/mol. The Morgan fingerprint density at radius 1 is 1.44 bits per heavy atom. The van der Waals surface area contributed by atoms with Crippen LogP contribution in [-0.4, -0.2) is 26.0 Å². The molecular formula is C15H21NO2. The van der Waals surface area contributed by atoms with Crippen molar-refractivity contribution in [2.24, 2.45) is 5.92 Å². The molecule has 1 unspecified atom stereocenters. The third kappa shape index (κ3) is 3.33. The Morgan fingerprint density at radius 3 is 3.00 bits per heavy atom. The summed E-state index contributed by atoms with van der Waals surface area (Å²) in [5.41, 5.74) is 0.712. The number of hydrogen-bond donors (Lipinski definition) is 1. The van der Waals surface area contributed by atoms with Gasteiger partial charge in [-0.05, 0) is 50.4 Å². The van der Waals surface area contributed by atoms with Gasteiger partial charge in [0.2, 0.25) is 0 Å². The van der Waals surface area contributed by atoms with Gasteiger partial charge in [0.1, 0.15) is 5.75 Å². The number of carbonyl (C=O) groups excluding carboxylic acids is 1. The van der Waals surface area contributed by atoms with Gasteiger partial charge in [-0.3, -0.25) is 4.79 Å². The van der Waals surface area contributed by atoms with Crippen LogP contribution in [0.5, 0.6) is 5.75 Å². The normalized spacial score (nSPS) is 19.5. The summed E-state index contributed by atoms with van der Waals surface area (Å²) in [6.07, 6.45) is 4.07. The zero-order valence-electron chi connectivity index (χ0n) is 10.9. The molecule has 0 aliphatic carbocycles. The van der Waals surface area contributed by atoms with Crippen LogP contribution in [0.3, 0.4) is 0 Å². The van der Waals surface area contributed by atoms with Gasteiger partial charge >= 0.3 is 0 Å². The lowest BCUT2D eigenvalue weighted by molar-refractivity contribution is 0.0968. The highest BCUT2D eigenvalue weighted by molar-refractivity contribution is 5.98. The van der Waals surface area contributed by atoms with Gasteiger partial charge in [0.05, 0.1) is 12.7 Å². The zero-order valence-corrected chi connectivity index (χ0v) is 10.9. The molecule has 1 aromatic carbocycles. The van der Waals surface area contributed by atoms with Crippen LogP contribution in [0.2, 0.25) is 0 Å². The molecule has 0 saturated carbocycles. The summed E-state index contributed by atoms with van der Waals surface area (Å²) in [6.45, 7) is 2.18. The van der Waals surface area contributed by atoms with Gasteiger partial charge in [-0.25, -0.2) is 0 Å². The Kier molecular flexibility index (Phi) is 4.76. The summed E-state index contributed by atoms with van der Waals surface area (Å²) < 4.78 is 5.23. The van der Waals surface area contributed by atoms with Crippen molar-refractivity contribution in [2.45, 2.75) is 25.7 Å². The monoisotopic (exact) mass is 247 g/mol. The number of para-hydroxylation sites is 1. The third-order valence-electron chi connectivity index (χ3n) is 3.59. The molecule has 1 saturated heterocycles. The lowest BCUT2D eigenvalue weighted by Gasteiger charge is -2.22. The maximum absolute atomic E-state index is 12.2. The van der Waals surface area contributed by atoms with Crippen molar-refractivity contribution in [3.05, 3.63) is 29.8 Å². The van der Waals surface area contributed by atoms with Crippen molar-refractivity contribution in [2.75, 3.05) is 20.2 Å². The molecule has 1 aliphatic heterocycles. The van der Waals surface area contributed by atoms with Crippen LogP contribution in [0, 0.1) is 5.92 Å². The molecule has 0 amide bonds. The Balaban J connectivity index is 1.90. The molecule has 1 heterocycles. The first-order chi connectivity index (χ1) is 8.81. The molecule has 0 spiro atoms. The van der Waals surface area contributed by atoms with E-state index in [0.717, 1.165) is 19.5 Å². The smallest absolute Gasteiger partial charge is 0.166 e. The van der Waals surface area contributed by atoms with Gasteiger partial charge in [-0.1, -0.05) is 12.1 Å². The molecule has 3 heteroatoms. The van der Waals surface area contributed by atoms with Crippen molar-refractivity contribution >= 4 is 5.78 Å². The molecule has 18 heavy (non-hydrogen) atoms. The van der Waals surface area contributed by atoms with Gasteiger partial charge < -0.3 is 10.1 Å². The largest absolute Gasteiger partial charge is 0.496 e. The van der Waals surface area contributed by atoms with Gasteiger partial charge in [0.25, 0.3) is 0 Å². The number of ketones is 1. The highest BCUT2D eigenvalue weighted by atomic mass is 16.5. The van der Waals surface area contributed by atoms with Gasteiger partial charge in [-0.2, -0.15) is 0 Å². The summed E-state index contributed by atoms with van der Waals surface area (Å²) in [7, 11) is 1.61. The van der Waals surface area contributed by atoms with Gasteiger partial charge in [0, 0.05) is 6.42 Å². The second-order valence-corrected chi connectivity index (χ2v) is 4.87. The summed E-state index contributed by atoms with van der Waals surface area (Å²) >= 11 is 0. The number of hydrogen-bond acceptors (Lipinski definition) is 3. The summed E-state index contributed by atoms with van der Waals surface area (Å²) in [6, 6.07) is 7.47. The molecule has 1 atom stereocenters. The Morgan fingerprint density at radius 2 is 2.28 bits per heavy atom. The maximum atomic E-state index is 12.2. The zero-order chi connectivity index (χ0) is 12.8. The van der Waals surface area contributed by atoms with E-state index in [9.17, 15) is 4.79 Å². The predicted octanol–water partition coefficient (Wildman–Crippen LogP) is 2.66. The van der Waals surface area contributed by atoms with Crippen LogP contribution >= 0.6 is 0 Å². The fourth-order valence-corrected chi connectivity index (χ4v) is 2.52. The molecule has 1 fully saturated rings. The van der Waals surface area contributed by atoms with E-state index >= 15 is 0 Å². The second kappa shape index (κ2) is 6.55. The van der Waals surface area contributed by atoms with E-state index in [0.29, 0.717) is 23.7 Å². The maximum Gasteiger partial charge on any atom is 0.166 e. The number of carbonyl (C=O) groups is 1. The highest BCUT2D eigenvalue weighted by Crippen LogP contribution is 2.22. The molecule has 0 bridgehead atoms. The van der Waals surface area contributed by atoms with Crippen LogP contribution in [0.15, 0.2) is 24.3 Å². The third-order valence-corrected chi connectivity index (χ3v) is 3.59. The number of methoxy groups -OCH3 is 1. The van der Waals surface area contributed by atoms with E-state index in [1.54, 1.807) is 7.11 Å². The lowest BCUT2D eigenvalue weighted by Crippen LogP contribution is -2.30. The van der Waals surface area contributed by atoms with E-state index in [1.807, 2.05) is 24.3 Å². The molecule has 3 nitrogen and oxygen atoms in total. The van der Waals surface area contributed by atoms with Crippen molar-refractivity contribution in [1.29, 1.82) is 0 Å². The quantitative estimate of drug-likeness (QED) is 0.813. The average molecular weight is 247 g/mol. The summed E-state index contributed by atoms with van der Waals surface area (Å²) in [4.78, 5) is 12.2. The Bertz CT molecular complexity index is 397. The minimum Gasteiger partial charge on any atom is -0.496 e. The molecule has 1 aromatic rings. The van der Waals surface area contributed by atoms with Crippen molar-refractivity contribution in [3.63, 3.8) is 0 Å². The summed E-state index contributed by atoms with van der Waals surface area (Å²) in [5.74, 6) is 1.53. The van der Waals surface area contributed by atoms with E-state index in [2.05, 4.69) is 5.32 Å². The number of ether oxygens (including phenoxy) is 1. The first-order valence-corrected chi connectivity index (χ1v) is 6.68. The Labute approximate surface area is 109 Å². The van der Waals surface area contributed by atoms with Crippen LogP contribution in [0.25, 0.3) is 0 Å². The first kappa shape index (κ1) is 13.1. The van der Waals surface area contributed by atoms with E-state index in [4.69, 9.17) is 4.74 Å². The second-order valence-electron chi connectivity index (χ2n) is 4.87. The lowest BCUT2D eigenvalue weighted by atomic mass is 9.92.